The highest BCUT2D eigenvalue weighted by molar-refractivity contribution is 6.05. The van der Waals surface area contributed by atoms with E-state index < -0.39 is 17.6 Å². The van der Waals surface area contributed by atoms with E-state index in [4.69, 9.17) is 4.74 Å². The molecule has 1 fully saturated rings. The highest BCUT2D eigenvalue weighted by Gasteiger charge is 2.31. The third kappa shape index (κ3) is 4.29. The van der Waals surface area contributed by atoms with Crippen LogP contribution in [0.5, 0.6) is 5.75 Å². The number of anilines is 1. The van der Waals surface area contributed by atoms with Gasteiger partial charge in [0, 0.05) is 6.20 Å². The summed E-state index contributed by atoms with van der Waals surface area (Å²) >= 11 is 0. The van der Waals surface area contributed by atoms with Crippen LogP contribution in [0.15, 0.2) is 42.6 Å². The Morgan fingerprint density at radius 3 is 2.60 bits per heavy atom. The van der Waals surface area contributed by atoms with Crippen molar-refractivity contribution in [3.05, 3.63) is 53.7 Å². The van der Waals surface area contributed by atoms with Crippen molar-refractivity contribution >= 4 is 11.7 Å². The van der Waals surface area contributed by atoms with Crippen molar-refractivity contribution < 1.29 is 22.7 Å². The van der Waals surface area contributed by atoms with E-state index in [0.29, 0.717) is 5.75 Å². The average Bonchev–Trinajstić information content (AvgIpc) is 3.08. The van der Waals surface area contributed by atoms with Gasteiger partial charge in [-0.05, 0) is 49.9 Å². The molecule has 1 N–H and O–H groups in total. The molecule has 1 aliphatic carbocycles. The molecule has 1 saturated carbocycles. The predicted octanol–water partition coefficient (Wildman–Crippen LogP) is 4.67. The minimum Gasteiger partial charge on any atom is -0.490 e. The first-order valence-corrected chi connectivity index (χ1v) is 8.04. The van der Waals surface area contributed by atoms with Crippen molar-refractivity contribution in [1.29, 1.82) is 0 Å². The van der Waals surface area contributed by atoms with Gasteiger partial charge >= 0.3 is 6.18 Å². The summed E-state index contributed by atoms with van der Waals surface area (Å²) in [6.45, 7) is 0. The first-order valence-electron chi connectivity index (χ1n) is 8.04. The fourth-order valence-electron chi connectivity index (χ4n) is 2.80. The zero-order valence-electron chi connectivity index (χ0n) is 13.3. The molecular formula is C18H17F3N2O2. The molecule has 4 nitrogen and oxygen atoms in total. The summed E-state index contributed by atoms with van der Waals surface area (Å²) in [6.07, 6.45) is 0.641. The Hall–Kier alpha value is -2.57. The molecule has 1 aromatic carbocycles. The molecule has 0 aliphatic heterocycles. The lowest BCUT2D eigenvalue weighted by atomic mass is 10.1. The topological polar surface area (TPSA) is 51.2 Å². The number of amides is 1. The van der Waals surface area contributed by atoms with E-state index in [2.05, 4.69) is 10.3 Å². The molecule has 25 heavy (non-hydrogen) atoms. The Kier molecular flexibility index (Phi) is 4.92. The Balaban J connectivity index is 1.77. The van der Waals surface area contributed by atoms with E-state index >= 15 is 0 Å². The number of aromatic nitrogens is 1. The van der Waals surface area contributed by atoms with E-state index in [1.807, 2.05) is 0 Å². The number of para-hydroxylation sites is 1. The van der Waals surface area contributed by atoms with Crippen LogP contribution >= 0.6 is 0 Å². The molecule has 0 atom stereocenters. The Morgan fingerprint density at radius 2 is 1.88 bits per heavy atom. The second-order valence-corrected chi connectivity index (χ2v) is 5.90. The van der Waals surface area contributed by atoms with Gasteiger partial charge in [-0.2, -0.15) is 13.2 Å². The number of carbonyl (C=O) groups is 1. The number of rotatable bonds is 4. The van der Waals surface area contributed by atoms with Gasteiger partial charge in [-0.25, -0.2) is 4.98 Å². The van der Waals surface area contributed by atoms with Crippen LogP contribution in [0.2, 0.25) is 0 Å². The molecule has 3 rings (SSSR count). The quantitative estimate of drug-likeness (QED) is 0.871. The highest BCUT2D eigenvalue weighted by atomic mass is 19.4. The van der Waals surface area contributed by atoms with Crippen molar-refractivity contribution in [2.75, 3.05) is 5.32 Å². The molecule has 0 saturated heterocycles. The van der Waals surface area contributed by atoms with Crippen molar-refractivity contribution in [3.8, 4) is 5.75 Å². The summed E-state index contributed by atoms with van der Waals surface area (Å²) in [5.74, 6) is -0.283. The number of alkyl halides is 3. The van der Waals surface area contributed by atoms with Gasteiger partial charge < -0.3 is 10.1 Å². The summed E-state index contributed by atoms with van der Waals surface area (Å²) in [6, 6.07) is 8.35. The Labute approximate surface area is 143 Å². The maximum Gasteiger partial charge on any atom is 0.416 e. The number of pyridine rings is 1. The average molecular weight is 350 g/mol. The minimum absolute atomic E-state index is 0.0700. The summed E-state index contributed by atoms with van der Waals surface area (Å²) in [7, 11) is 0. The number of carbonyl (C=O) groups excluding carboxylic acids is 1. The van der Waals surface area contributed by atoms with Crippen LogP contribution < -0.4 is 10.1 Å². The standard InChI is InChI=1S/C18H17F3N2O2/c19-18(20,21)12-9-10-22-16(11-12)23-17(24)14-7-3-4-8-15(14)25-13-5-1-2-6-13/h3-4,7-11,13H,1-2,5-6H2,(H,22,23,24). The van der Waals surface area contributed by atoms with Gasteiger partial charge in [-0.15, -0.1) is 0 Å². The first kappa shape index (κ1) is 17.3. The van der Waals surface area contributed by atoms with E-state index in [0.717, 1.165) is 44.0 Å². The van der Waals surface area contributed by atoms with Crippen LogP contribution in [0.3, 0.4) is 0 Å². The summed E-state index contributed by atoms with van der Waals surface area (Å²) < 4.78 is 44.2. The number of hydrogen-bond donors (Lipinski definition) is 1. The Bertz CT molecular complexity index is 756. The second-order valence-electron chi connectivity index (χ2n) is 5.90. The molecule has 1 aromatic heterocycles. The zero-order valence-corrected chi connectivity index (χ0v) is 13.3. The summed E-state index contributed by atoms with van der Waals surface area (Å²) in [5, 5.41) is 2.41. The predicted molar refractivity (Wildman–Crippen MR) is 86.5 cm³/mol. The zero-order chi connectivity index (χ0) is 17.9. The van der Waals surface area contributed by atoms with Crippen molar-refractivity contribution in [3.63, 3.8) is 0 Å². The van der Waals surface area contributed by atoms with Crippen LogP contribution in [-0.2, 0) is 6.18 Å². The molecule has 1 heterocycles. The van der Waals surface area contributed by atoms with E-state index in [1.165, 1.54) is 0 Å². The van der Waals surface area contributed by atoms with Crippen LogP contribution in [0, 0.1) is 0 Å². The SMILES string of the molecule is O=C(Nc1cc(C(F)(F)F)ccn1)c1ccccc1OC1CCCC1. The van der Waals surface area contributed by atoms with Crippen LogP contribution in [-0.4, -0.2) is 17.0 Å². The van der Waals surface area contributed by atoms with Crippen LogP contribution in [0.1, 0.15) is 41.6 Å². The lowest BCUT2D eigenvalue weighted by molar-refractivity contribution is -0.137. The number of hydrogen-bond acceptors (Lipinski definition) is 3. The lowest BCUT2D eigenvalue weighted by Gasteiger charge is -2.16. The third-order valence-electron chi connectivity index (χ3n) is 4.06. The summed E-state index contributed by atoms with van der Waals surface area (Å²) in [5.41, 5.74) is -0.595. The fourth-order valence-corrected chi connectivity index (χ4v) is 2.80. The Morgan fingerprint density at radius 1 is 1.16 bits per heavy atom. The normalized spacial score (nSPS) is 15.2. The smallest absolute Gasteiger partial charge is 0.416 e. The molecule has 0 bridgehead atoms. The minimum atomic E-state index is -4.49. The van der Waals surface area contributed by atoms with E-state index in [9.17, 15) is 18.0 Å². The number of ether oxygens (including phenoxy) is 1. The molecule has 1 amide bonds. The van der Waals surface area contributed by atoms with Gasteiger partial charge in [0.05, 0.1) is 17.2 Å². The highest BCUT2D eigenvalue weighted by Crippen LogP contribution is 2.30. The van der Waals surface area contributed by atoms with Crippen molar-refractivity contribution in [2.24, 2.45) is 0 Å². The van der Waals surface area contributed by atoms with Crippen LogP contribution in [0.4, 0.5) is 19.0 Å². The first-order chi connectivity index (χ1) is 11.9. The summed E-state index contributed by atoms with van der Waals surface area (Å²) in [4.78, 5) is 16.2. The third-order valence-corrected chi connectivity index (χ3v) is 4.06. The van der Waals surface area contributed by atoms with Gasteiger partial charge in [0.2, 0.25) is 0 Å². The molecule has 0 radical (unpaired) electrons. The molecule has 132 valence electrons. The molecular weight excluding hydrogens is 333 g/mol. The van der Waals surface area contributed by atoms with E-state index in [1.54, 1.807) is 24.3 Å². The number of halogens is 3. The van der Waals surface area contributed by atoms with Gasteiger partial charge in [-0.1, -0.05) is 12.1 Å². The van der Waals surface area contributed by atoms with E-state index in [-0.39, 0.29) is 17.5 Å². The van der Waals surface area contributed by atoms with Gasteiger partial charge in [-0.3, -0.25) is 4.79 Å². The molecule has 0 spiro atoms. The van der Waals surface area contributed by atoms with Gasteiger partial charge in [0.25, 0.3) is 5.91 Å². The van der Waals surface area contributed by atoms with Gasteiger partial charge in [0.15, 0.2) is 0 Å². The fraction of sp³-hybridized carbons (Fsp3) is 0.333. The van der Waals surface area contributed by atoms with Crippen LogP contribution in [0.25, 0.3) is 0 Å². The molecule has 1 aliphatic rings. The van der Waals surface area contributed by atoms with Crippen molar-refractivity contribution in [2.45, 2.75) is 38.0 Å². The van der Waals surface area contributed by atoms with Crippen molar-refractivity contribution in [1.82, 2.24) is 4.98 Å². The second kappa shape index (κ2) is 7.13. The monoisotopic (exact) mass is 350 g/mol. The molecule has 2 aromatic rings. The number of benzene rings is 1. The van der Waals surface area contributed by atoms with Gasteiger partial charge in [0.1, 0.15) is 11.6 Å². The maximum absolute atomic E-state index is 12.8. The molecule has 0 unspecified atom stereocenters. The molecule has 7 heteroatoms. The maximum atomic E-state index is 12.8. The number of nitrogens with one attached hydrogen (secondary N) is 1. The number of nitrogens with zero attached hydrogens (tertiary/aromatic N) is 1. The lowest BCUT2D eigenvalue weighted by Crippen LogP contribution is -2.18. The largest absolute Gasteiger partial charge is 0.490 e.